The summed E-state index contributed by atoms with van der Waals surface area (Å²) in [4.78, 5) is 7.84. The summed E-state index contributed by atoms with van der Waals surface area (Å²) in [5.41, 5.74) is 0.881. The van der Waals surface area contributed by atoms with Gasteiger partial charge in [0.05, 0.1) is 12.8 Å². The average Bonchev–Trinajstić information content (AvgIpc) is 2.05. The highest BCUT2D eigenvalue weighted by molar-refractivity contribution is 5.02. The van der Waals surface area contributed by atoms with E-state index in [-0.39, 0.29) is 0 Å². The lowest BCUT2D eigenvalue weighted by molar-refractivity contribution is 0.378. The van der Waals surface area contributed by atoms with E-state index in [1.54, 1.807) is 13.3 Å². The molecular formula is C7H9N2O. The van der Waals surface area contributed by atoms with Crippen LogP contribution in [-0.4, -0.2) is 17.1 Å². The van der Waals surface area contributed by atoms with E-state index in [1.807, 2.05) is 6.92 Å². The topological polar surface area (TPSA) is 35.0 Å². The average molecular weight is 137 g/mol. The predicted molar refractivity (Wildman–Crippen MR) is 36.8 cm³/mol. The fourth-order valence-corrected chi connectivity index (χ4v) is 0.618. The van der Waals surface area contributed by atoms with Crippen LogP contribution in [0.5, 0.6) is 6.01 Å². The molecule has 1 radical (unpaired) electrons. The number of aryl methyl sites for hydroxylation is 1. The van der Waals surface area contributed by atoms with Gasteiger partial charge in [0.1, 0.15) is 0 Å². The molecule has 53 valence electrons. The zero-order valence-corrected chi connectivity index (χ0v) is 6.09. The zero-order chi connectivity index (χ0) is 7.40. The molecule has 1 heterocycles. The van der Waals surface area contributed by atoms with Crippen molar-refractivity contribution in [2.24, 2.45) is 0 Å². The van der Waals surface area contributed by atoms with Gasteiger partial charge in [0.2, 0.25) is 0 Å². The molecule has 0 aliphatic rings. The summed E-state index contributed by atoms with van der Waals surface area (Å²) in [5, 5.41) is 0. The summed E-state index contributed by atoms with van der Waals surface area (Å²) < 4.78 is 4.81. The zero-order valence-electron chi connectivity index (χ0n) is 6.09. The van der Waals surface area contributed by atoms with Crippen LogP contribution in [0.4, 0.5) is 0 Å². The van der Waals surface area contributed by atoms with Crippen molar-refractivity contribution in [3.63, 3.8) is 0 Å². The maximum Gasteiger partial charge on any atom is 0.316 e. The van der Waals surface area contributed by atoms with Crippen molar-refractivity contribution < 1.29 is 4.74 Å². The molecule has 0 aromatic carbocycles. The van der Waals surface area contributed by atoms with Crippen LogP contribution in [0.2, 0.25) is 0 Å². The molecule has 0 unspecified atom stereocenters. The molecule has 1 aromatic rings. The molecule has 10 heavy (non-hydrogen) atoms. The van der Waals surface area contributed by atoms with Gasteiger partial charge in [-0.15, -0.1) is 0 Å². The molecule has 0 atom stereocenters. The maximum absolute atomic E-state index is 4.81. The quantitative estimate of drug-likeness (QED) is 0.606. The van der Waals surface area contributed by atoms with Crippen LogP contribution >= 0.6 is 0 Å². The first-order valence-electron chi connectivity index (χ1n) is 3.14. The molecule has 0 N–H and O–H groups in total. The van der Waals surface area contributed by atoms with Gasteiger partial charge >= 0.3 is 6.01 Å². The Bertz CT molecular complexity index is 193. The van der Waals surface area contributed by atoms with E-state index >= 15 is 0 Å². The van der Waals surface area contributed by atoms with Crippen molar-refractivity contribution >= 4 is 0 Å². The van der Waals surface area contributed by atoms with Gasteiger partial charge in [-0.3, -0.25) is 0 Å². The Morgan fingerprint density at radius 2 is 2.50 bits per heavy atom. The highest BCUT2D eigenvalue weighted by atomic mass is 16.5. The number of ether oxygens (including phenoxy) is 1. The van der Waals surface area contributed by atoms with Crippen LogP contribution in [0.25, 0.3) is 0 Å². The normalized spacial score (nSPS) is 9.40. The summed E-state index contributed by atoms with van der Waals surface area (Å²) in [6.07, 6.45) is 2.43. The lowest BCUT2D eigenvalue weighted by Crippen LogP contribution is -1.94. The summed E-state index contributed by atoms with van der Waals surface area (Å²) in [6, 6.07) is 3.30. The Labute approximate surface area is 60.1 Å². The second-order valence-electron chi connectivity index (χ2n) is 1.80. The minimum atomic E-state index is 0.413. The minimum absolute atomic E-state index is 0.413. The summed E-state index contributed by atoms with van der Waals surface area (Å²) in [7, 11) is 1.55. The Morgan fingerprint density at radius 1 is 1.70 bits per heavy atom. The first-order chi connectivity index (χ1) is 4.86. The summed E-state index contributed by atoms with van der Waals surface area (Å²) in [6.45, 7) is 2.01. The van der Waals surface area contributed by atoms with Crippen molar-refractivity contribution in [3.8, 4) is 6.01 Å². The number of hydrogen-bond donors (Lipinski definition) is 0. The molecule has 3 nitrogen and oxygen atoms in total. The van der Waals surface area contributed by atoms with Crippen molar-refractivity contribution in [1.82, 2.24) is 9.97 Å². The number of hydrogen-bond acceptors (Lipinski definition) is 3. The second-order valence-corrected chi connectivity index (χ2v) is 1.80. The molecule has 0 amide bonds. The molecule has 0 saturated carbocycles. The fraction of sp³-hybridized carbons (Fsp3) is 0.429. The molecule has 0 bridgehead atoms. The summed E-state index contributed by atoms with van der Waals surface area (Å²) >= 11 is 0. The van der Waals surface area contributed by atoms with Gasteiger partial charge in [0.15, 0.2) is 0 Å². The minimum Gasteiger partial charge on any atom is -0.467 e. The van der Waals surface area contributed by atoms with Crippen LogP contribution < -0.4 is 4.74 Å². The number of methoxy groups -OCH3 is 1. The first-order valence-corrected chi connectivity index (χ1v) is 3.14. The Morgan fingerprint density at radius 3 is 3.10 bits per heavy atom. The molecule has 0 fully saturated rings. The molecule has 0 aliphatic carbocycles. The first kappa shape index (κ1) is 6.99. The van der Waals surface area contributed by atoms with E-state index in [1.165, 1.54) is 0 Å². The summed E-state index contributed by atoms with van der Waals surface area (Å²) in [5.74, 6) is 0. The van der Waals surface area contributed by atoms with Crippen LogP contribution in [0, 0.1) is 6.07 Å². The van der Waals surface area contributed by atoms with Crippen molar-refractivity contribution in [2.75, 3.05) is 7.11 Å². The lowest BCUT2D eigenvalue weighted by Gasteiger charge is -1.97. The van der Waals surface area contributed by atoms with E-state index in [4.69, 9.17) is 4.74 Å². The SMILES string of the molecule is CCc1[c]cnc(OC)n1. The molecule has 0 spiro atoms. The van der Waals surface area contributed by atoms with Crippen molar-refractivity contribution in [2.45, 2.75) is 13.3 Å². The van der Waals surface area contributed by atoms with Gasteiger partial charge in [-0.1, -0.05) is 6.92 Å². The van der Waals surface area contributed by atoms with Crippen LogP contribution in [0.1, 0.15) is 12.6 Å². The predicted octanol–water partition coefficient (Wildman–Crippen LogP) is 0.848. The van der Waals surface area contributed by atoms with E-state index < -0.39 is 0 Å². The van der Waals surface area contributed by atoms with Crippen molar-refractivity contribution in [1.29, 1.82) is 0 Å². The standard InChI is InChI=1S/C7H9N2O/c1-3-6-4-5-8-7(9-6)10-2/h5H,3H2,1-2H3. The third-order valence-electron chi connectivity index (χ3n) is 1.15. The van der Waals surface area contributed by atoms with Crippen LogP contribution in [0.15, 0.2) is 6.20 Å². The van der Waals surface area contributed by atoms with Gasteiger partial charge in [0.25, 0.3) is 0 Å². The maximum atomic E-state index is 4.81. The Kier molecular flexibility index (Phi) is 2.20. The molecule has 1 aromatic heterocycles. The highest BCUT2D eigenvalue weighted by Crippen LogP contribution is 2.00. The molecular weight excluding hydrogens is 128 g/mol. The van der Waals surface area contributed by atoms with Gasteiger partial charge in [-0.2, -0.15) is 4.98 Å². The molecule has 0 saturated heterocycles. The molecule has 0 aliphatic heterocycles. The third kappa shape index (κ3) is 1.43. The lowest BCUT2D eigenvalue weighted by atomic mass is 10.3. The van der Waals surface area contributed by atoms with E-state index in [0.29, 0.717) is 6.01 Å². The fourth-order valence-electron chi connectivity index (χ4n) is 0.618. The van der Waals surface area contributed by atoms with Gasteiger partial charge in [0, 0.05) is 12.3 Å². The van der Waals surface area contributed by atoms with Crippen molar-refractivity contribution in [3.05, 3.63) is 18.0 Å². The van der Waals surface area contributed by atoms with Crippen LogP contribution in [0.3, 0.4) is 0 Å². The smallest absolute Gasteiger partial charge is 0.316 e. The monoisotopic (exact) mass is 137 g/mol. The van der Waals surface area contributed by atoms with Crippen LogP contribution in [-0.2, 0) is 6.42 Å². The van der Waals surface area contributed by atoms with E-state index in [0.717, 1.165) is 12.1 Å². The number of aromatic nitrogens is 2. The van der Waals surface area contributed by atoms with E-state index in [9.17, 15) is 0 Å². The van der Waals surface area contributed by atoms with Gasteiger partial charge < -0.3 is 4.74 Å². The highest BCUT2D eigenvalue weighted by Gasteiger charge is 1.94. The molecule has 3 heteroatoms. The largest absolute Gasteiger partial charge is 0.467 e. The van der Waals surface area contributed by atoms with Gasteiger partial charge in [-0.25, -0.2) is 4.98 Å². The molecule has 1 rings (SSSR count). The Hall–Kier alpha value is -1.12. The van der Waals surface area contributed by atoms with E-state index in [2.05, 4.69) is 16.0 Å². The third-order valence-corrected chi connectivity index (χ3v) is 1.15. The number of nitrogens with zero attached hydrogens (tertiary/aromatic N) is 2. The second kappa shape index (κ2) is 3.15. The number of rotatable bonds is 2. The Balaban J connectivity index is 2.87. The van der Waals surface area contributed by atoms with Gasteiger partial charge in [-0.05, 0) is 6.42 Å².